The number of imidazole rings is 2. The van der Waals surface area contributed by atoms with E-state index >= 15 is 0 Å². The molecule has 3 rings (SSSR count). The average molecular weight is 343 g/mol. The van der Waals surface area contributed by atoms with Crippen molar-refractivity contribution >= 4 is 50.3 Å². The Kier molecular flexibility index (Phi) is 2.79. The van der Waals surface area contributed by atoms with E-state index in [0.717, 1.165) is 16.6 Å². The number of hydrogen-bond acceptors (Lipinski definition) is 2. The minimum absolute atomic E-state index is 0.0853. The third kappa shape index (κ3) is 1.82. The number of halogens is 2. The molecule has 0 aliphatic carbocycles. The number of aromatic nitrogens is 3. The van der Waals surface area contributed by atoms with Crippen molar-refractivity contribution in [2.45, 2.75) is 13.3 Å². The van der Waals surface area contributed by atoms with Crippen molar-refractivity contribution in [1.82, 2.24) is 14.4 Å². The molecular formula is C12H9BrClN3O2. The lowest BCUT2D eigenvalue weighted by molar-refractivity contribution is -0.136. The highest BCUT2D eigenvalue weighted by atomic mass is 79.9. The van der Waals surface area contributed by atoms with Crippen molar-refractivity contribution in [2.75, 3.05) is 0 Å². The van der Waals surface area contributed by atoms with Crippen molar-refractivity contribution in [2.24, 2.45) is 0 Å². The van der Waals surface area contributed by atoms with Crippen LogP contribution in [0.25, 0.3) is 16.8 Å². The summed E-state index contributed by atoms with van der Waals surface area (Å²) in [7, 11) is 0. The summed E-state index contributed by atoms with van der Waals surface area (Å²) in [5.41, 5.74) is 3.19. The summed E-state index contributed by atoms with van der Waals surface area (Å²) in [6.07, 6.45) is -0.0853. The normalized spacial score (nSPS) is 11.5. The van der Waals surface area contributed by atoms with Crippen LogP contribution in [-0.2, 0) is 11.2 Å². The highest BCUT2D eigenvalue weighted by Gasteiger charge is 2.17. The van der Waals surface area contributed by atoms with Gasteiger partial charge in [0, 0.05) is 5.02 Å². The van der Waals surface area contributed by atoms with Gasteiger partial charge in [0.2, 0.25) is 5.78 Å². The minimum Gasteiger partial charge on any atom is -0.481 e. The first-order chi connectivity index (χ1) is 8.99. The number of carboxylic acid groups (broad SMARTS) is 1. The van der Waals surface area contributed by atoms with Crippen LogP contribution in [0.5, 0.6) is 0 Å². The zero-order valence-electron chi connectivity index (χ0n) is 9.87. The maximum Gasteiger partial charge on any atom is 0.309 e. The molecule has 1 aromatic carbocycles. The van der Waals surface area contributed by atoms with Crippen molar-refractivity contribution in [3.05, 3.63) is 33.0 Å². The van der Waals surface area contributed by atoms with Crippen LogP contribution in [-0.4, -0.2) is 25.4 Å². The second-order valence-electron chi connectivity index (χ2n) is 4.28. The summed E-state index contributed by atoms with van der Waals surface area (Å²) >= 11 is 9.49. The lowest BCUT2D eigenvalue weighted by Gasteiger charge is -1.99. The number of aryl methyl sites for hydroxylation is 1. The maximum absolute atomic E-state index is 10.8. The number of carboxylic acids is 1. The second kappa shape index (κ2) is 4.25. The molecule has 0 spiro atoms. The largest absolute Gasteiger partial charge is 0.481 e. The number of fused-ring (bicyclic) bond motifs is 3. The molecule has 2 N–H and O–H groups in total. The lowest BCUT2D eigenvalue weighted by atomic mass is 10.2. The predicted octanol–water partition coefficient (Wildman–Crippen LogP) is 3.17. The van der Waals surface area contributed by atoms with E-state index < -0.39 is 5.97 Å². The zero-order valence-corrected chi connectivity index (χ0v) is 12.2. The van der Waals surface area contributed by atoms with Crippen LogP contribution >= 0.6 is 27.5 Å². The Morgan fingerprint density at radius 2 is 2.32 bits per heavy atom. The molecular weight excluding hydrogens is 334 g/mol. The number of aromatic amines is 1. The van der Waals surface area contributed by atoms with Gasteiger partial charge in [-0.15, -0.1) is 0 Å². The van der Waals surface area contributed by atoms with Gasteiger partial charge in [-0.2, -0.15) is 0 Å². The van der Waals surface area contributed by atoms with Gasteiger partial charge < -0.3 is 10.1 Å². The first-order valence-electron chi connectivity index (χ1n) is 5.54. The van der Waals surface area contributed by atoms with E-state index in [9.17, 15) is 4.79 Å². The van der Waals surface area contributed by atoms with Crippen LogP contribution < -0.4 is 0 Å². The highest BCUT2D eigenvalue weighted by molar-refractivity contribution is 9.10. The van der Waals surface area contributed by atoms with E-state index in [2.05, 4.69) is 25.9 Å². The molecule has 0 bridgehead atoms. The fourth-order valence-electron chi connectivity index (χ4n) is 2.13. The molecule has 0 aliphatic heterocycles. The van der Waals surface area contributed by atoms with Crippen LogP contribution in [0, 0.1) is 6.92 Å². The van der Waals surface area contributed by atoms with E-state index in [1.807, 2.05) is 23.5 Å². The predicted molar refractivity (Wildman–Crippen MR) is 75.8 cm³/mol. The van der Waals surface area contributed by atoms with Gasteiger partial charge in [-0.1, -0.05) is 11.6 Å². The number of nitrogens with zero attached hydrogens (tertiary/aromatic N) is 2. The molecule has 2 aromatic heterocycles. The van der Waals surface area contributed by atoms with Crippen molar-refractivity contribution in [3.63, 3.8) is 0 Å². The molecule has 98 valence electrons. The Bertz CT molecular complexity index is 821. The van der Waals surface area contributed by atoms with Gasteiger partial charge in [0.25, 0.3) is 0 Å². The van der Waals surface area contributed by atoms with E-state index in [1.165, 1.54) is 0 Å². The van der Waals surface area contributed by atoms with E-state index in [4.69, 9.17) is 16.7 Å². The van der Waals surface area contributed by atoms with Gasteiger partial charge in [0.15, 0.2) is 0 Å². The highest BCUT2D eigenvalue weighted by Crippen LogP contribution is 2.29. The molecule has 0 fully saturated rings. The second-order valence-corrected chi connectivity index (χ2v) is 5.43. The molecule has 0 atom stereocenters. The molecule has 0 saturated heterocycles. The Balaban J connectivity index is 2.34. The van der Waals surface area contributed by atoms with Crippen molar-refractivity contribution < 1.29 is 9.90 Å². The summed E-state index contributed by atoms with van der Waals surface area (Å²) in [5.74, 6) is -0.294. The number of rotatable bonds is 2. The van der Waals surface area contributed by atoms with E-state index in [-0.39, 0.29) is 6.42 Å². The van der Waals surface area contributed by atoms with Gasteiger partial charge in [0.1, 0.15) is 4.60 Å². The van der Waals surface area contributed by atoms with Gasteiger partial charge in [0.05, 0.1) is 23.1 Å². The van der Waals surface area contributed by atoms with Gasteiger partial charge >= 0.3 is 5.97 Å². The maximum atomic E-state index is 10.8. The Labute approximate surface area is 121 Å². The fourth-order valence-corrected chi connectivity index (χ4v) is 2.88. The standard InChI is InChI=1S/C12H9BrClN3O2/c1-5-6(14)2-3-8-10(5)16-12-15-7(4-9(18)19)11(13)17(8)12/h2-3H,4H2,1H3,(H,15,16)(H,18,19). The number of benzene rings is 1. The Morgan fingerprint density at radius 3 is 3.00 bits per heavy atom. The summed E-state index contributed by atoms with van der Waals surface area (Å²) < 4.78 is 2.52. The first-order valence-corrected chi connectivity index (χ1v) is 6.71. The quantitative estimate of drug-likeness (QED) is 0.751. The minimum atomic E-state index is -0.895. The summed E-state index contributed by atoms with van der Waals surface area (Å²) in [5, 5.41) is 9.52. The smallest absolute Gasteiger partial charge is 0.309 e. The van der Waals surface area contributed by atoms with Crippen LogP contribution in [0.2, 0.25) is 5.02 Å². The first kappa shape index (κ1) is 12.5. The molecule has 0 radical (unpaired) electrons. The molecule has 19 heavy (non-hydrogen) atoms. The summed E-state index contributed by atoms with van der Waals surface area (Å²) in [6, 6.07) is 3.68. The zero-order chi connectivity index (χ0) is 13.7. The summed E-state index contributed by atoms with van der Waals surface area (Å²) in [6.45, 7) is 1.91. The van der Waals surface area contributed by atoms with Crippen molar-refractivity contribution in [1.29, 1.82) is 0 Å². The molecule has 0 unspecified atom stereocenters. The molecule has 3 aromatic rings. The number of nitrogens with one attached hydrogen (secondary N) is 1. The Hall–Kier alpha value is -1.53. The van der Waals surface area contributed by atoms with Gasteiger partial charge in [-0.25, -0.2) is 4.98 Å². The number of H-pyrrole nitrogens is 1. The number of aliphatic carboxylic acids is 1. The SMILES string of the molecule is Cc1c(Cl)ccc2c1nc1[nH]c(CC(=O)O)c(Br)n12. The van der Waals surface area contributed by atoms with Crippen LogP contribution in [0.3, 0.4) is 0 Å². The van der Waals surface area contributed by atoms with E-state index in [0.29, 0.717) is 21.1 Å². The van der Waals surface area contributed by atoms with Gasteiger partial charge in [-0.3, -0.25) is 9.20 Å². The van der Waals surface area contributed by atoms with Crippen LogP contribution in [0.1, 0.15) is 11.3 Å². The number of carbonyl (C=O) groups is 1. The van der Waals surface area contributed by atoms with Crippen molar-refractivity contribution in [3.8, 4) is 0 Å². The van der Waals surface area contributed by atoms with Gasteiger partial charge in [-0.05, 0) is 40.5 Å². The third-order valence-electron chi connectivity index (χ3n) is 3.05. The lowest BCUT2D eigenvalue weighted by Crippen LogP contribution is -2.01. The molecule has 2 heterocycles. The fraction of sp³-hybridized carbons (Fsp3) is 0.167. The topological polar surface area (TPSA) is 70.4 Å². The number of hydrogen-bond donors (Lipinski definition) is 2. The average Bonchev–Trinajstić information content (AvgIpc) is 2.83. The van der Waals surface area contributed by atoms with Crippen LogP contribution in [0.15, 0.2) is 16.7 Å². The van der Waals surface area contributed by atoms with E-state index in [1.54, 1.807) is 0 Å². The molecule has 7 heteroatoms. The Morgan fingerprint density at radius 1 is 1.58 bits per heavy atom. The monoisotopic (exact) mass is 341 g/mol. The molecule has 0 saturated carbocycles. The van der Waals surface area contributed by atoms with Crippen LogP contribution in [0.4, 0.5) is 0 Å². The molecule has 5 nitrogen and oxygen atoms in total. The third-order valence-corrected chi connectivity index (χ3v) is 4.29. The molecule has 0 aliphatic rings. The summed E-state index contributed by atoms with van der Waals surface area (Å²) in [4.78, 5) is 18.3. The molecule has 0 amide bonds.